The normalized spacial score (nSPS) is 11.7. The molecule has 0 aliphatic rings. The number of aromatic nitrogens is 3. The molecule has 5 nitrogen and oxygen atoms in total. The standard InChI is InChI=1S/C55H33N3O2/c1-3-14-36(15-4-1)53-56-54(37-16-5-2-6-17-37)58-55(57-53)45-31-30-41(39-18-7-8-19-40(39)45)43-32-33-49-51(46-21-10-12-25-48(46)59-49)50(43)35-28-26-34(27-29-35)38-22-13-23-44-42-20-9-11-24-47(42)60-52(38)44/h1-33H. The summed E-state index contributed by atoms with van der Waals surface area (Å²) >= 11 is 0. The Morgan fingerprint density at radius 2 is 0.783 bits per heavy atom. The van der Waals surface area contributed by atoms with Gasteiger partial charge in [-0.3, -0.25) is 0 Å². The van der Waals surface area contributed by atoms with Crippen molar-refractivity contribution in [1.82, 2.24) is 15.0 Å². The third-order valence-electron chi connectivity index (χ3n) is 11.6. The Balaban J connectivity index is 1.05. The zero-order valence-electron chi connectivity index (χ0n) is 32.2. The molecule has 60 heavy (non-hydrogen) atoms. The molecular weight excluding hydrogens is 735 g/mol. The fourth-order valence-electron chi connectivity index (χ4n) is 8.79. The van der Waals surface area contributed by atoms with E-state index in [1.807, 2.05) is 84.9 Å². The van der Waals surface area contributed by atoms with Gasteiger partial charge in [-0.1, -0.05) is 170 Å². The lowest BCUT2D eigenvalue weighted by atomic mass is 9.87. The topological polar surface area (TPSA) is 65.0 Å². The van der Waals surface area contributed by atoms with Crippen molar-refractivity contribution in [3.8, 4) is 67.5 Å². The predicted octanol–water partition coefficient (Wildman–Crippen LogP) is 14.8. The molecule has 12 rings (SSSR count). The van der Waals surface area contributed by atoms with E-state index < -0.39 is 0 Å². The molecule has 280 valence electrons. The number of para-hydroxylation sites is 3. The maximum absolute atomic E-state index is 6.50. The monoisotopic (exact) mass is 767 g/mol. The van der Waals surface area contributed by atoms with Crippen molar-refractivity contribution >= 4 is 54.6 Å². The average molecular weight is 768 g/mol. The van der Waals surface area contributed by atoms with Gasteiger partial charge in [-0.15, -0.1) is 0 Å². The van der Waals surface area contributed by atoms with E-state index in [0.29, 0.717) is 17.5 Å². The molecule has 3 heterocycles. The molecule has 9 aromatic carbocycles. The van der Waals surface area contributed by atoms with Gasteiger partial charge in [0.05, 0.1) is 0 Å². The van der Waals surface area contributed by atoms with Crippen LogP contribution in [0.5, 0.6) is 0 Å². The Kier molecular flexibility index (Phi) is 7.78. The van der Waals surface area contributed by atoms with Gasteiger partial charge in [0.15, 0.2) is 17.5 Å². The molecule has 0 fully saturated rings. The molecule has 0 aliphatic carbocycles. The average Bonchev–Trinajstić information content (AvgIpc) is 3.90. The van der Waals surface area contributed by atoms with Crippen molar-refractivity contribution in [2.24, 2.45) is 0 Å². The summed E-state index contributed by atoms with van der Waals surface area (Å²) in [6.07, 6.45) is 0. The van der Waals surface area contributed by atoms with E-state index in [9.17, 15) is 0 Å². The zero-order valence-corrected chi connectivity index (χ0v) is 32.2. The highest BCUT2D eigenvalue weighted by molar-refractivity contribution is 6.18. The lowest BCUT2D eigenvalue weighted by Crippen LogP contribution is -2.00. The Labute approximate surface area is 344 Å². The lowest BCUT2D eigenvalue weighted by molar-refractivity contribution is 0.669. The smallest absolute Gasteiger partial charge is 0.164 e. The second kappa shape index (κ2) is 13.8. The Hall–Kier alpha value is -8.15. The van der Waals surface area contributed by atoms with Crippen molar-refractivity contribution in [2.75, 3.05) is 0 Å². The van der Waals surface area contributed by atoms with Crippen LogP contribution in [-0.4, -0.2) is 15.0 Å². The van der Waals surface area contributed by atoms with Crippen LogP contribution in [-0.2, 0) is 0 Å². The van der Waals surface area contributed by atoms with Gasteiger partial charge in [-0.25, -0.2) is 15.0 Å². The summed E-state index contributed by atoms with van der Waals surface area (Å²) in [6, 6.07) is 69.3. The molecule has 0 N–H and O–H groups in total. The number of hydrogen-bond acceptors (Lipinski definition) is 5. The summed E-state index contributed by atoms with van der Waals surface area (Å²) in [5, 5.41) is 6.55. The minimum atomic E-state index is 0.622. The summed E-state index contributed by atoms with van der Waals surface area (Å²) in [5.74, 6) is 1.89. The molecule has 12 aromatic rings. The summed E-state index contributed by atoms with van der Waals surface area (Å²) in [6.45, 7) is 0. The van der Waals surface area contributed by atoms with Gasteiger partial charge in [0, 0.05) is 49.4 Å². The number of furan rings is 2. The minimum absolute atomic E-state index is 0.622. The SMILES string of the molecule is c1ccc(-c2nc(-c3ccccc3)nc(-c3ccc(-c4ccc5oc6ccccc6c5c4-c4ccc(-c5cccc6c5oc5ccccc56)cc4)c4ccccc34)n2)cc1. The summed E-state index contributed by atoms with van der Waals surface area (Å²) in [7, 11) is 0. The molecule has 0 saturated heterocycles. The Morgan fingerprint density at radius 3 is 1.48 bits per heavy atom. The molecule has 0 atom stereocenters. The van der Waals surface area contributed by atoms with Crippen LogP contribution in [0.25, 0.3) is 122 Å². The first kappa shape index (κ1) is 33.9. The summed E-state index contributed by atoms with van der Waals surface area (Å²) in [4.78, 5) is 15.2. The molecule has 3 aromatic heterocycles. The summed E-state index contributed by atoms with van der Waals surface area (Å²) in [5.41, 5.74) is 12.9. The fraction of sp³-hybridized carbons (Fsp3) is 0. The predicted molar refractivity (Wildman–Crippen MR) is 245 cm³/mol. The zero-order chi connectivity index (χ0) is 39.6. The third-order valence-corrected chi connectivity index (χ3v) is 11.6. The number of benzene rings is 9. The van der Waals surface area contributed by atoms with Gasteiger partial charge in [0.1, 0.15) is 22.3 Å². The molecule has 0 bridgehead atoms. The van der Waals surface area contributed by atoms with Gasteiger partial charge in [-0.05, 0) is 63.4 Å². The first-order valence-electron chi connectivity index (χ1n) is 20.1. The van der Waals surface area contributed by atoms with Crippen LogP contribution in [0.2, 0.25) is 0 Å². The van der Waals surface area contributed by atoms with E-state index in [0.717, 1.165) is 105 Å². The largest absolute Gasteiger partial charge is 0.456 e. The van der Waals surface area contributed by atoms with Crippen molar-refractivity contribution in [1.29, 1.82) is 0 Å². The molecule has 0 saturated carbocycles. The highest BCUT2D eigenvalue weighted by Crippen LogP contribution is 2.46. The van der Waals surface area contributed by atoms with E-state index in [4.69, 9.17) is 23.8 Å². The van der Waals surface area contributed by atoms with E-state index in [1.54, 1.807) is 0 Å². The molecule has 0 amide bonds. The minimum Gasteiger partial charge on any atom is -0.456 e. The number of nitrogens with zero attached hydrogens (tertiary/aromatic N) is 3. The molecule has 5 heteroatoms. The molecular formula is C55H33N3O2. The van der Waals surface area contributed by atoms with Crippen molar-refractivity contribution in [3.05, 3.63) is 200 Å². The van der Waals surface area contributed by atoms with E-state index >= 15 is 0 Å². The van der Waals surface area contributed by atoms with E-state index in [2.05, 4.69) is 115 Å². The van der Waals surface area contributed by atoms with Gasteiger partial charge < -0.3 is 8.83 Å². The van der Waals surface area contributed by atoms with Crippen LogP contribution in [0.15, 0.2) is 209 Å². The maximum Gasteiger partial charge on any atom is 0.164 e. The van der Waals surface area contributed by atoms with Crippen molar-refractivity contribution in [3.63, 3.8) is 0 Å². The van der Waals surface area contributed by atoms with E-state index in [1.165, 1.54) is 0 Å². The quantitative estimate of drug-likeness (QED) is 0.169. The lowest BCUT2D eigenvalue weighted by Gasteiger charge is -2.17. The maximum atomic E-state index is 6.50. The molecule has 0 aliphatic heterocycles. The first-order chi connectivity index (χ1) is 29.7. The van der Waals surface area contributed by atoms with Crippen LogP contribution < -0.4 is 0 Å². The van der Waals surface area contributed by atoms with Gasteiger partial charge in [0.2, 0.25) is 0 Å². The third kappa shape index (κ3) is 5.52. The van der Waals surface area contributed by atoms with Crippen LogP contribution in [0, 0.1) is 0 Å². The van der Waals surface area contributed by atoms with Crippen LogP contribution in [0.4, 0.5) is 0 Å². The van der Waals surface area contributed by atoms with Gasteiger partial charge in [-0.2, -0.15) is 0 Å². The number of hydrogen-bond donors (Lipinski definition) is 0. The second-order valence-electron chi connectivity index (χ2n) is 15.1. The Bertz CT molecular complexity index is 3530. The number of fused-ring (bicyclic) bond motifs is 7. The van der Waals surface area contributed by atoms with Gasteiger partial charge in [0.25, 0.3) is 0 Å². The van der Waals surface area contributed by atoms with Crippen molar-refractivity contribution < 1.29 is 8.83 Å². The van der Waals surface area contributed by atoms with Crippen LogP contribution in [0.1, 0.15) is 0 Å². The second-order valence-corrected chi connectivity index (χ2v) is 15.1. The molecule has 0 spiro atoms. The molecule has 0 unspecified atom stereocenters. The van der Waals surface area contributed by atoms with E-state index in [-0.39, 0.29) is 0 Å². The highest BCUT2D eigenvalue weighted by atomic mass is 16.3. The van der Waals surface area contributed by atoms with Crippen molar-refractivity contribution in [2.45, 2.75) is 0 Å². The fourth-order valence-corrected chi connectivity index (χ4v) is 8.79. The number of rotatable bonds is 6. The summed E-state index contributed by atoms with van der Waals surface area (Å²) < 4.78 is 12.9. The first-order valence-corrected chi connectivity index (χ1v) is 20.1. The van der Waals surface area contributed by atoms with Gasteiger partial charge >= 0.3 is 0 Å². The Morgan fingerprint density at radius 1 is 0.267 bits per heavy atom. The molecule has 0 radical (unpaired) electrons. The van der Waals surface area contributed by atoms with Crippen LogP contribution >= 0.6 is 0 Å². The van der Waals surface area contributed by atoms with Crippen LogP contribution in [0.3, 0.4) is 0 Å². The highest BCUT2D eigenvalue weighted by Gasteiger charge is 2.22.